The molecule has 0 aromatic heterocycles. The Labute approximate surface area is 53.6 Å². The zero-order chi connectivity index (χ0) is 2.71. The van der Waals surface area contributed by atoms with Gasteiger partial charge < -0.3 is 9.13 Å². The molecule has 0 unspecified atom stereocenters. The van der Waals surface area contributed by atoms with E-state index in [-0.39, 0.29) is 35.9 Å². The van der Waals surface area contributed by atoms with Crippen LogP contribution in [0.2, 0.25) is 0 Å². The molecule has 2 nitrogen and oxygen atoms in total. The molecule has 5 heteroatoms. The normalized spacial score (nSPS) is 2.40. The van der Waals surface area contributed by atoms with Crippen molar-refractivity contribution in [3.05, 3.63) is 0 Å². The fourth-order valence-corrected chi connectivity index (χ4v) is 0. The molecule has 0 amide bonds. The largest absolute Gasteiger partial charge is 1.00 e. The number of rotatable bonds is 0. The van der Waals surface area contributed by atoms with Crippen LogP contribution in [0.15, 0.2) is 0 Å². The summed E-state index contributed by atoms with van der Waals surface area (Å²) < 4.78 is 16.7. The average molecular weight is 125 g/mol. The van der Waals surface area contributed by atoms with Gasteiger partial charge in [-0.3, -0.25) is 0 Å². The van der Waals surface area contributed by atoms with Gasteiger partial charge in [-0.15, -0.1) is 0 Å². The predicted octanol–water partition coefficient (Wildman–Crippen LogP) is -2.37. The van der Waals surface area contributed by atoms with Gasteiger partial charge in [0, 0.05) is 17.1 Å². The van der Waals surface area contributed by atoms with Crippen molar-refractivity contribution < 1.29 is 45.1 Å². The molecule has 25 valence electrons. The van der Waals surface area contributed by atoms with E-state index in [9.17, 15) is 0 Å². The summed E-state index contributed by atoms with van der Waals surface area (Å²) in [6.45, 7) is 0. The van der Waals surface area contributed by atoms with Gasteiger partial charge in [0.15, 0.2) is 0 Å². The van der Waals surface area contributed by atoms with Crippen LogP contribution in [-0.2, 0) is 26.2 Å². The molecule has 0 heterocycles. The van der Waals surface area contributed by atoms with Crippen molar-refractivity contribution in [2.24, 2.45) is 0 Å². The Morgan fingerprint density at radius 3 is 1.20 bits per heavy atom. The molecule has 5 heavy (non-hydrogen) atoms. The van der Waals surface area contributed by atoms with E-state index in [0.29, 0.717) is 0 Å². The fraction of sp³-hybridized carbons (Fsp3) is 0. The Morgan fingerprint density at radius 1 is 1.20 bits per heavy atom. The second kappa shape index (κ2) is 19.9. The van der Waals surface area contributed by atoms with E-state index < -0.39 is 8.34 Å². The van der Waals surface area contributed by atoms with Gasteiger partial charge in [0.05, 0.1) is 0 Å². The summed E-state index contributed by atoms with van der Waals surface area (Å²) >= 11 is 0. The molecule has 0 rings (SSSR count). The molecule has 0 saturated heterocycles. The van der Waals surface area contributed by atoms with Crippen LogP contribution in [0.3, 0.4) is 0 Å². The number of hydrogen-bond donors (Lipinski definition) is 0. The fourth-order valence-electron chi connectivity index (χ4n) is 0. The van der Waals surface area contributed by atoms with Crippen LogP contribution in [0.5, 0.6) is 0 Å². The second-order valence-corrected chi connectivity index (χ2v) is 0.224. The third-order valence-electron chi connectivity index (χ3n) is 0. The van der Waals surface area contributed by atoms with Gasteiger partial charge in [-0.2, -0.15) is 0 Å². The molecule has 0 spiro atoms. The van der Waals surface area contributed by atoms with Gasteiger partial charge in [0.25, 0.3) is 0 Å². The zero-order valence-corrected chi connectivity index (χ0v) is 4.72. The van der Waals surface area contributed by atoms with Gasteiger partial charge in [-0.25, -0.2) is 0 Å². The standard InChI is InChI=1S/Li.Mn.O2P/c;;1-3-2/q+1;;-1. The van der Waals surface area contributed by atoms with E-state index in [1.807, 2.05) is 0 Å². The Balaban J connectivity index is -0.0000000200. The summed E-state index contributed by atoms with van der Waals surface area (Å²) in [4.78, 5) is 0. The van der Waals surface area contributed by atoms with Crippen molar-refractivity contribution in [2.45, 2.75) is 0 Å². The first-order valence-electron chi connectivity index (χ1n) is 0.365. The van der Waals surface area contributed by atoms with Gasteiger partial charge in [-0.05, 0) is 0 Å². The molecular weight excluding hydrogens is 125 g/mol. The van der Waals surface area contributed by atoms with Crippen LogP contribution in [-0.4, -0.2) is 0 Å². The predicted molar refractivity (Wildman–Crippen MR) is 8.29 cm³/mol. The summed E-state index contributed by atoms with van der Waals surface area (Å²) in [5, 5.41) is 0. The summed E-state index contributed by atoms with van der Waals surface area (Å²) in [5.74, 6) is 0. The Kier molecular flexibility index (Phi) is 66.2. The Hall–Kier alpha value is 1.02. The molecule has 0 fully saturated rings. The maximum absolute atomic E-state index is 8.35. The molecule has 0 aromatic carbocycles. The smallest absolute Gasteiger partial charge is 0.474 e. The molecule has 0 aliphatic carbocycles. The number of hydrogen-bond acceptors (Lipinski definition) is 2. The third kappa shape index (κ3) is 44.2. The van der Waals surface area contributed by atoms with Gasteiger partial charge in [0.1, 0.15) is 0 Å². The van der Waals surface area contributed by atoms with Crippen molar-refractivity contribution in [3.63, 3.8) is 0 Å². The first-order valence-corrected chi connectivity index (χ1v) is 1.10. The quantitative estimate of drug-likeness (QED) is 0.267. The summed E-state index contributed by atoms with van der Waals surface area (Å²) in [6, 6.07) is 0. The maximum Gasteiger partial charge on any atom is 1.00 e. The summed E-state index contributed by atoms with van der Waals surface area (Å²) in [7, 11) is -1.08. The van der Waals surface area contributed by atoms with E-state index in [1.54, 1.807) is 0 Å². The Bertz CT molecular complexity index is 30.6. The van der Waals surface area contributed by atoms with E-state index in [2.05, 4.69) is 0 Å². The first-order chi connectivity index (χ1) is 1.41. The van der Waals surface area contributed by atoms with Crippen molar-refractivity contribution in [3.8, 4) is 0 Å². The molecule has 0 aromatic rings. The third-order valence-corrected chi connectivity index (χ3v) is 0. The molecule has 0 aliphatic heterocycles. The molecule has 0 saturated carbocycles. The van der Waals surface area contributed by atoms with Crippen LogP contribution in [0.1, 0.15) is 0 Å². The summed E-state index contributed by atoms with van der Waals surface area (Å²) in [5.41, 5.74) is 0. The van der Waals surface area contributed by atoms with E-state index in [0.717, 1.165) is 0 Å². The van der Waals surface area contributed by atoms with Crippen molar-refractivity contribution in [1.29, 1.82) is 0 Å². The van der Waals surface area contributed by atoms with Crippen LogP contribution in [0.25, 0.3) is 0 Å². The molecule has 0 N–H and O–H groups in total. The molecule has 0 bridgehead atoms. The molecule has 0 aliphatic rings. The minimum atomic E-state index is -1.08. The van der Waals surface area contributed by atoms with E-state index in [1.165, 1.54) is 0 Å². The maximum atomic E-state index is 8.35. The SMILES string of the molecule is O=[P-]=O.[Li+].[Mn]. The van der Waals surface area contributed by atoms with Crippen molar-refractivity contribution >= 4 is 8.34 Å². The van der Waals surface area contributed by atoms with Gasteiger partial charge >= 0.3 is 18.9 Å². The van der Waals surface area contributed by atoms with E-state index in [4.69, 9.17) is 9.13 Å². The zero-order valence-electron chi connectivity index (χ0n) is 2.64. The first kappa shape index (κ1) is 16.6. The van der Waals surface area contributed by atoms with E-state index >= 15 is 0 Å². The minimum absolute atomic E-state index is 0. The average Bonchev–Trinajstić information content (AvgIpc) is 0.918. The molecule has 1 radical (unpaired) electrons. The summed E-state index contributed by atoms with van der Waals surface area (Å²) in [6.07, 6.45) is 0. The van der Waals surface area contributed by atoms with Gasteiger partial charge in [-0.1, -0.05) is 8.34 Å². The molecule has 0 atom stereocenters. The van der Waals surface area contributed by atoms with Gasteiger partial charge in [0.2, 0.25) is 0 Å². The van der Waals surface area contributed by atoms with Crippen LogP contribution >= 0.6 is 8.34 Å². The van der Waals surface area contributed by atoms with Crippen molar-refractivity contribution in [1.82, 2.24) is 0 Å². The van der Waals surface area contributed by atoms with Crippen molar-refractivity contribution in [2.75, 3.05) is 0 Å². The minimum Gasteiger partial charge on any atom is -0.474 e. The molecular formula is LiMnO2P. The Morgan fingerprint density at radius 2 is 1.20 bits per heavy atom. The van der Waals surface area contributed by atoms with Crippen LogP contribution in [0, 0.1) is 0 Å². The van der Waals surface area contributed by atoms with Crippen LogP contribution in [0.4, 0.5) is 0 Å². The van der Waals surface area contributed by atoms with Crippen LogP contribution < -0.4 is 18.9 Å². The topological polar surface area (TPSA) is 34.1 Å². The monoisotopic (exact) mass is 125 g/mol. The second-order valence-electron chi connectivity index (χ2n) is 0.0745.